The first-order chi connectivity index (χ1) is 29.3. The van der Waals surface area contributed by atoms with E-state index in [4.69, 9.17) is 9.47 Å². The summed E-state index contributed by atoms with van der Waals surface area (Å²) >= 11 is 0. The van der Waals surface area contributed by atoms with E-state index in [0.29, 0.717) is 19.3 Å². The Bertz CT molecular complexity index is 1050. The first-order valence-electron chi connectivity index (χ1n) is 24.8. The van der Waals surface area contributed by atoms with E-state index in [2.05, 4.69) is 43.5 Å². The molecule has 1 heterocycles. The molecular formula is C50H93NO9. The van der Waals surface area contributed by atoms with Gasteiger partial charge in [0.15, 0.2) is 6.29 Å². The molecule has 10 heteroatoms. The smallest absolute Gasteiger partial charge is 0.249 e. The zero-order chi connectivity index (χ0) is 43.9. The summed E-state index contributed by atoms with van der Waals surface area (Å²) in [6.07, 6.45) is 39.4. The van der Waals surface area contributed by atoms with Crippen LogP contribution in [-0.2, 0) is 14.3 Å². The van der Waals surface area contributed by atoms with Gasteiger partial charge in [0.2, 0.25) is 5.91 Å². The van der Waals surface area contributed by atoms with E-state index in [1.54, 1.807) is 6.08 Å². The van der Waals surface area contributed by atoms with Crippen molar-refractivity contribution in [2.75, 3.05) is 13.2 Å². The fourth-order valence-electron chi connectivity index (χ4n) is 7.70. The lowest BCUT2D eigenvalue weighted by atomic mass is 9.99. The summed E-state index contributed by atoms with van der Waals surface area (Å²) in [5.74, 6) is -0.631. The Morgan fingerprint density at radius 1 is 0.567 bits per heavy atom. The van der Waals surface area contributed by atoms with Crippen molar-refractivity contribution in [2.24, 2.45) is 0 Å². The second kappa shape index (κ2) is 40.2. The molecular weight excluding hydrogens is 759 g/mol. The molecule has 8 unspecified atom stereocenters. The van der Waals surface area contributed by atoms with E-state index in [-0.39, 0.29) is 6.61 Å². The molecule has 352 valence electrons. The molecule has 0 aromatic heterocycles. The lowest BCUT2D eigenvalue weighted by Gasteiger charge is -2.40. The minimum absolute atomic E-state index is 0.297. The molecule has 8 atom stereocenters. The van der Waals surface area contributed by atoms with Gasteiger partial charge in [-0.05, 0) is 57.8 Å². The van der Waals surface area contributed by atoms with Gasteiger partial charge in [0, 0.05) is 0 Å². The van der Waals surface area contributed by atoms with Gasteiger partial charge in [-0.3, -0.25) is 4.79 Å². The SMILES string of the molecule is CCCCCCCCCCC/C=C\CCCCCCCCC(O)C(=O)NC(COC1OC(CO)C(O)C(O)C1O)C(O)/C=C/CC/C=C/CCCCCCCCCCCC. The highest BCUT2D eigenvalue weighted by Gasteiger charge is 2.44. The number of allylic oxidation sites excluding steroid dienone is 5. The van der Waals surface area contributed by atoms with Crippen molar-refractivity contribution in [3.05, 3.63) is 36.5 Å². The molecule has 1 aliphatic heterocycles. The maximum atomic E-state index is 13.1. The lowest BCUT2D eigenvalue weighted by molar-refractivity contribution is -0.302. The largest absolute Gasteiger partial charge is 0.394 e. The number of amides is 1. The van der Waals surface area contributed by atoms with Gasteiger partial charge in [-0.15, -0.1) is 0 Å². The molecule has 1 rings (SSSR count). The Hall–Kier alpha value is -1.63. The van der Waals surface area contributed by atoms with Crippen molar-refractivity contribution in [2.45, 2.75) is 262 Å². The van der Waals surface area contributed by atoms with Crippen molar-refractivity contribution < 1.29 is 44.9 Å². The van der Waals surface area contributed by atoms with Crippen molar-refractivity contribution in [1.29, 1.82) is 0 Å². The molecule has 1 aliphatic rings. The van der Waals surface area contributed by atoms with E-state index >= 15 is 0 Å². The summed E-state index contributed by atoms with van der Waals surface area (Å²) in [5, 5.41) is 64.7. The number of unbranched alkanes of at least 4 members (excludes halogenated alkanes) is 26. The van der Waals surface area contributed by atoms with E-state index < -0.39 is 61.5 Å². The van der Waals surface area contributed by atoms with Crippen molar-refractivity contribution in [3.63, 3.8) is 0 Å². The zero-order valence-corrected chi connectivity index (χ0v) is 38.3. The van der Waals surface area contributed by atoms with Crippen LogP contribution in [0, 0.1) is 0 Å². The molecule has 10 nitrogen and oxygen atoms in total. The molecule has 60 heavy (non-hydrogen) atoms. The number of ether oxygens (including phenoxy) is 2. The normalized spacial score (nSPS) is 21.4. The number of hydrogen-bond donors (Lipinski definition) is 7. The van der Waals surface area contributed by atoms with Crippen molar-refractivity contribution in [1.82, 2.24) is 5.32 Å². The summed E-state index contributed by atoms with van der Waals surface area (Å²) in [5.41, 5.74) is 0. The molecule has 0 aromatic rings. The highest BCUT2D eigenvalue weighted by atomic mass is 16.7. The minimum Gasteiger partial charge on any atom is -0.394 e. The van der Waals surface area contributed by atoms with Crippen LogP contribution in [0.3, 0.4) is 0 Å². The highest BCUT2D eigenvalue weighted by molar-refractivity contribution is 5.80. The van der Waals surface area contributed by atoms with Crippen molar-refractivity contribution in [3.8, 4) is 0 Å². The quantitative estimate of drug-likeness (QED) is 0.0234. The van der Waals surface area contributed by atoms with E-state index in [0.717, 1.165) is 38.5 Å². The van der Waals surface area contributed by atoms with Crippen LogP contribution in [0.15, 0.2) is 36.5 Å². The molecule has 0 saturated carbocycles. The molecule has 0 aliphatic carbocycles. The Labute approximate surface area is 366 Å². The third-order valence-electron chi connectivity index (χ3n) is 11.8. The number of aliphatic hydroxyl groups excluding tert-OH is 6. The van der Waals surface area contributed by atoms with Crippen LogP contribution in [0.1, 0.15) is 213 Å². The summed E-state index contributed by atoms with van der Waals surface area (Å²) in [6.45, 7) is 3.59. The molecule has 0 radical (unpaired) electrons. The first-order valence-corrected chi connectivity index (χ1v) is 24.8. The van der Waals surface area contributed by atoms with Gasteiger partial charge in [-0.25, -0.2) is 0 Å². The van der Waals surface area contributed by atoms with Gasteiger partial charge < -0.3 is 45.4 Å². The van der Waals surface area contributed by atoms with Gasteiger partial charge in [-0.2, -0.15) is 0 Å². The van der Waals surface area contributed by atoms with Crippen molar-refractivity contribution >= 4 is 5.91 Å². The van der Waals surface area contributed by atoms with Crippen LogP contribution in [-0.4, -0.2) is 98.7 Å². The Kier molecular flexibility index (Phi) is 37.7. The number of rotatable bonds is 41. The molecule has 0 bridgehead atoms. The highest BCUT2D eigenvalue weighted by Crippen LogP contribution is 2.23. The van der Waals surface area contributed by atoms with Gasteiger partial charge >= 0.3 is 0 Å². The number of nitrogens with one attached hydrogen (secondary N) is 1. The molecule has 0 spiro atoms. The fourth-order valence-corrected chi connectivity index (χ4v) is 7.70. The zero-order valence-electron chi connectivity index (χ0n) is 38.3. The van der Waals surface area contributed by atoms with Crippen LogP contribution in [0.2, 0.25) is 0 Å². The van der Waals surface area contributed by atoms with E-state index in [1.807, 2.05) is 6.08 Å². The number of carbonyl (C=O) groups excluding carboxylic acids is 1. The number of hydrogen-bond acceptors (Lipinski definition) is 9. The predicted molar refractivity (Wildman–Crippen MR) is 246 cm³/mol. The molecule has 1 amide bonds. The van der Waals surface area contributed by atoms with Crippen LogP contribution in [0.5, 0.6) is 0 Å². The number of aliphatic hydroxyl groups is 6. The third-order valence-corrected chi connectivity index (χ3v) is 11.8. The minimum atomic E-state index is -1.62. The average molecular weight is 852 g/mol. The lowest BCUT2D eigenvalue weighted by Crippen LogP contribution is -2.60. The Balaban J connectivity index is 2.40. The second-order valence-corrected chi connectivity index (χ2v) is 17.4. The summed E-state index contributed by atoms with van der Waals surface area (Å²) < 4.78 is 11.1. The molecule has 1 saturated heterocycles. The third kappa shape index (κ3) is 29.6. The summed E-state index contributed by atoms with van der Waals surface area (Å²) in [7, 11) is 0. The fraction of sp³-hybridized carbons (Fsp3) is 0.860. The maximum Gasteiger partial charge on any atom is 0.249 e. The Morgan fingerprint density at radius 2 is 0.983 bits per heavy atom. The molecule has 7 N–H and O–H groups in total. The summed E-state index contributed by atoms with van der Waals surface area (Å²) in [4.78, 5) is 13.1. The Morgan fingerprint density at radius 3 is 1.45 bits per heavy atom. The van der Waals surface area contributed by atoms with Gasteiger partial charge in [0.1, 0.15) is 30.5 Å². The first kappa shape index (κ1) is 56.4. The van der Waals surface area contributed by atoms with Gasteiger partial charge in [0.25, 0.3) is 0 Å². The van der Waals surface area contributed by atoms with E-state index in [9.17, 15) is 35.4 Å². The van der Waals surface area contributed by atoms with Gasteiger partial charge in [0.05, 0.1) is 25.4 Å². The summed E-state index contributed by atoms with van der Waals surface area (Å²) in [6, 6.07) is -0.998. The second-order valence-electron chi connectivity index (χ2n) is 17.4. The standard InChI is InChI=1S/C50H93NO9/c1-3-5-7-9-11-13-15-17-19-21-22-23-25-27-29-31-33-35-37-39-44(54)49(58)51-42(41-59-50-48(57)47(56)46(55)45(40-52)60-50)43(53)38-36-34-32-30-28-26-24-20-18-16-14-12-10-8-6-4-2/h22-23,28,30,36,38,42-48,50,52-57H,3-21,24-27,29,31-35,37,39-41H2,1-2H3,(H,51,58)/b23-22-,30-28+,38-36+. The molecule has 0 aromatic carbocycles. The average Bonchev–Trinajstić information content (AvgIpc) is 3.25. The topological polar surface area (TPSA) is 169 Å². The monoisotopic (exact) mass is 852 g/mol. The molecule has 1 fully saturated rings. The predicted octanol–water partition coefficient (Wildman–Crippen LogP) is 9.81. The number of carbonyl (C=O) groups is 1. The van der Waals surface area contributed by atoms with Crippen LogP contribution in [0.4, 0.5) is 0 Å². The van der Waals surface area contributed by atoms with Gasteiger partial charge in [-0.1, -0.05) is 192 Å². The van der Waals surface area contributed by atoms with Crippen LogP contribution in [0.25, 0.3) is 0 Å². The maximum absolute atomic E-state index is 13.1. The van der Waals surface area contributed by atoms with E-state index in [1.165, 1.54) is 141 Å². The van der Waals surface area contributed by atoms with Crippen LogP contribution >= 0.6 is 0 Å². The van der Waals surface area contributed by atoms with Crippen LogP contribution < -0.4 is 5.32 Å².